The lowest BCUT2D eigenvalue weighted by molar-refractivity contribution is 0.180. The number of halogens is 1. The molecule has 2 unspecified atom stereocenters. The number of nitrogens with one attached hydrogen (secondary N) is 1. The minimum absolute atomic E-state index is 0.100. The molecule has 0 amide bonds. The highest BCUT2D eigenvalue weighted by atomic mass is 19.1. The summed E-state index contributed by atoms with van der Waals surface area (Å²) in [5.41, 5.74) is 0. The molecule has 1 heterocycles. The molecule has 128 valence electrons. The molecular formula is C17H26FN3O2. The summed E-state index contributed by atoms with van der Waals surface area (Å²) in [6, 6.07) is 6.18. The number of hydrogen-bond donors (Lipinski definition) is 1. The van der Waals surface area contributed by atoms with E-state index in [-0.39, 0.29) is 11.9 Å². The number of nitrogens with zero attached hydrogens (tertiary/aromatic N) is 2. The van der Waals surface area contributed by atoms with Gasteiger partial charge in [0.2, 0.25) is 0 Å². The maximum Gasteiger partial charge on any atom is 0.193 e. The largest absolute Gasteiger partial charge is 0.489 e. The Morgan fingerprint density at radius 3 is 3.04 bits per heavy atom. The van der Waals surface area contributed by atoms with Gasteiger partial charge in [-0.2, -0.15) is 0 Å². The molecule has 1 aromatic carbocycles. The molecular weight excluding hydrogens is 297 g/mol. The Morgan fingerprint density at radius 2 is 2.39 bits per heavy atom. The van der Waals surface area contributed by atoms with Gasteiger partial charge in [0, 0.05) is 39.2 Å². The van der Waals surface area contributed by atoms with Crippen molar-refractivity contribution in [3.63, 3.8) is 0 Å². The van der Waals surface area contributed by atoms with Crippen molar-refractivity contribution in [1.82, 2.24) is 10.2 Å². The SMILES string of the molecule is CN=C(NCC(C)Oc1cccc(F)c1)N(C)CC1CCOC1. The number of aliphatic imine (C=N–C) groups is 1. The first-order valence-electron chi connectivity index (χ1n) is 8.00. The van der Waals surface area contributed by atoms with Crippen LogP contribution in [0, 0.1) is 11.7 Å². The van der Waals surface area contributed by atoms with Gasteiger partial charge in [-0.05, 0) is 25.5 Å². The van der Waals surface area contributed by atoms with E-state index in [1.54, 1.807) is 19.2 Å². The van der Waals surface area contributed by atoms with Crippen molar-refractivity contribution < 1.29 is 13.9 Å². The Labute approximate surface area is 137 Å². The lowest BCUT2D eigenvalue weighted by Gasteiger charge is -2.25. The second-order valence-corrected chi connectivity index (χ2v) is 5.92. The van der Waals surface area contributed by atoms with Crippen LogP contribution >= 0.6 is 0 Å². The molecule has 0 spiro atoms. The lowest BCUT2D eigenvalue weighted by Crippen LogP contribution is -2.44. The van der Waals surface area contributed by atoms with Gasteiger partial charge in [0.15, 0.2) is 5.96 Å². The van der Waals surface area contributed by atoms with Crippen LogP contribution in [0.25, 0.3) is 0 Å². The van der Waals surface area contributed by atoms with E-state index in [0.29, 0.717) is 18.2 Å². The summed E-state index contributed by atoms with van der Waals surface area (Å²) in [7, 11) is 3.79. The Hall–Kier alpha value is -1.82. The zero-order chi connectivity index (χ0) is 16.7. The average Bonchev–Trinajstić information content (AvgIpc) is 3.00. The fraction of sp³-hybridized carbons (Fsp3) is 0.588. The molecule has 2 rings (SSSR count). The van der Waals surface area contributed by atoms with Crippen molar-refractivity contribution in [3.8, 4) is 5.75 Å². The van der Waals surface area contributed by atoms with E-state index in [9.17, 15) is 4.39 Å². The van der Waals surface area contributed by atoms with Crippen LogP contribution in [0.5, 0.6) is 5.75 Å². The van der Waals surface area contributed by atoms with Crippen LogP contribution in [0.1, 0.15) is 13.3 Å². The molecule has 0 radical (unpaired) electrons. The minimum Gasteiger partial charge on any atom is -0.489 e. The van der Waals surface area contributed by atoms with Crippen molar-refractivity contribution in [2.24, 2.45) is 10.9 Å². The summed E-state index contributed by atoms with van der Waals surface area (Å²) >= 11 is 0. The zero-order valence-electron chi connectivity index (χ0n) is 14.1. The molecule has 0 aliphatic carbocycles. The fourth-order valence-electron chi connectivity index (χ4n) is 2.64. The molecule has 1 aliphatic heterocycles. The van der Waals surface area contributed by atoms with Crippen LogP contribution in [0.15, 0.2) is 29.3 Å². The summed E-state index contributed by atoms with van der Waals surface area (Å²) in [4.78, 5) is 6.40. The summed E-state index contributed by atoms with van der Waals surface area (Å²) in [5.74, 6) is 1.62. The Kier molecular flexibility index (Phi) is 6.65. The van der Waals surface area contributed by atoms with Crippen molar-refractivity contribution in [2.45, 2.75) is 19.4 Å². The highest BCUT2D eigenvalue weighted by molar-refractivity contribution is 5.79. The molecule has 1 aliphatic rings. The van der Waals surface area contributed by atoms with Crippen LogP contribution in [-0.2, 0) is 4.74 Å². The molecule has 1 saturated heterocycles. The molecule has 5 nitrogen and oxygen atoms in total. The number of ether oxygens (including phenoxy) is 2. The van der Waals surface area contributed by atoms with Gasteiger partial charge in [-0.3, -0.25) is 4.99 Å². The molecule has 1 aromatic rings. The number of rotatable bonds is 6. The van der Waals surface area contributed by atoms with E-state index in [0.717, 1.165) is 32.1 Å². The highest BCUT2D eigenvalue weighted by Crippen LogP contribution is 2.14. The van der Waals surface area contributed by atoms with Crippen LogP contribution in [0.4, 0.5) is 4.39 Å². The second-order valence-electron chi connectivity index (χ2n) is 5.92. The fourth-order valence-corrected chi connectivity index (χ4v) is 2.64. The maximum atomic E-state index is 13.2. The summed E-state index contributed by atoms with van der Waals surface area (Å²) in [6.07, 6.45) is 0.997. The summed E-state index contributed by atoms with van der Waals surface area (Å²) in [5, 5.41) is 3.29. The second kappa shape index (κ2) is 8.72. The van der Waals surface area contributed by atoms with Crippen LogP contribution < -0.4 is 10.1 Å². The van der Waals surface area contributed by atoms with Gasteiger partial charge >= 0.3 is 0 Å². The summed E-state index contributed by atoms with van der Waals surface area (Å²) < 4.78 is 24.3. The molecule has 0 saturated carbocycles. The van der Waals surface area contributed by atoms with Gasteiger partial charge < -0.3 is 19.7 Å². The van der Waals surface area contributed by atoms with Gasteiger partial charge in [0.1, 0.15) is 17.7 Å². The summed E-state index contributed by atoms with van der Waals surface area (Å²) in [6.45, 7) is 5.12. The molecule has 0 aromatic heterocycles. The Morgan fingerprint density at radius 1 is 1.57 bits per heavy atom. The van der Waals surface area contributed by atoms with Crippen LogP contribution in [0.2, 0.25) is 0 Å². The van der Waals surface area contributed by atoms with Gasteiger partial charge in [-0.25, -0.2) is 4.39 Å². The third kappa shape index (κ3) is 5.71. The van der Waals surface area contributed by atoms with E-state index in [1.165, 1.54) is 12.1 Å². The first-order valence-corrected chi connectivity index (χ1v) is 8.00. The normalized spacial score (nSPS) is 19.5. The predicted octanol–water partition coefficient (Wildman–Crippen LogP) is 2.14. The van der Waals surface area contributed by atoms with Gasteiger partial charge in [-0.1, -0.05) is 6.07 Å². The van der Waals surface area contributed by atoms with E-state index >= 15 is 0 Å². The topological polar surface area (TPSA) is 46.1 Å². The van der Waals surface area contributed by atoms with E-state index < -0.39 is 0 Å². The van der Waals surface area contributed by atoms with Gasteiger partial charge in [0.05, 0.1) is 13.2 Å². The highest BCUT2D eigenvalue weighted by Gasteiger charge is 2.19. The lowest BCUT2D eigenvalue weighted by atomic mass is 10.1. The van der Waals surface area contributed by atoms with E-state index in [4.69, 9.17) is 9.47 Å². The van der Waals surface area contributed by atoms with E-state index in [2.05, 4.69) is 15.2 Å². The number of benzene rings is 1. The predicted molar refractivity (Wildman–Crippen MR) is 89.4 cm³/mol. The quantitative estimate of drug-likeness (QED) is 0.643. The van der Waals surface area contributed by atoms with Crippen molar-refractivity contribution >= 4 is 5.96 Å². The minimum atomic E-state index is -0.294. The van der Waals surface area contributed by atoms with E-state index in [1.807, 2.05) is 14.0 Å². The maximum absolute atomic E-state index is 13.2. The molecule has 2 atom stereocenters. The first kappa shape index (κ1) is 17.5. The Balaban J connectivity index is 1.77. The smallest absolute Gasteiger partial charge is 0.193 e. The molecule has 1 N–H and O–H groups in total. The Bertz CT molecular complexity index is 518. The molecule has 0 bridgehead atoms. The van der Waals surface area contributed by atoms with Crippen molar-refractivity contribution in [2.75, 3.05) is 40.4 Å². The molecule has 1 fully saturated rings. The standard InChI is InChI=1S/C17H26FN3O2/c1-13(23-16-6-4-5-15(18)9-16)10-20-17(19-2)21(3)11-14-7-8-22-12-14/h4-6,9,13-14H,7-8,10-12H2,1-3H3,(H,19,20). The molecule has 6 heteroatoms. The average molecular weight is 323 g/mol. The van der Waals surface area contributed by atoms with Crippen molar-refractivity contribution in [3.05, 3.63) is 30.1 Å². The third-order valence-electron chi connectivity index (χ3n) is 3.81. The first-order chi connectivity index (χ1) is 11.1. The van der Waals surface area contributed by atoms with Crippen LogP contribution in [-0.4, -0.2) is 57.4 Å². The number of guanidine groups is 1. The van der Waals surface area contributed by atoms with Crippen LogP contribution in [0.3, 0.4) is 0 Å². The third-order valence-corrected chi connectivity index (χ3v) is 3.81. The van der Waals surface area contributed by atoms with Gasteiger partial charge in [0.25, 0.3) is 0 Å². The van der Waals surface area contributed by atoms with Crippen molar-refractivity contribution in [1.29, 1.82) is 0 Å². The monoisotopic (exact) mass is 323 g/mol. The number of hydrogen-bond acceptors (Lipinski definition) is 3. The molecule has 23 heavy (non-hydrogen) atoms. The van der Waals surface area contributed by atoms with Gasteiger partial charge in [-0.15, -0.1) is 0 Å². The zero-order valence-corrected chi connectivity index (χ0v) is 14.1.